The SMILES string of the molecule is CN1CCCC(CN)(C2CCCCC2)CC1=O. The van der Waals surface area contributed by atoms with E-state index < -0.39 is 0 Å². The zero-order chi connectivity index (χ0) is 12.3. The molecule has 1 saturated heterocycles. The van der Waals surface area contributed by atoms with Crippen LogP contribution in [0, 0.1) is 11.3 Å². The Bertz CT molecular complexity index is 273. The van der Waals surface area contributed by atoms with Crippen LogP contribution < -0.4 is 5.73 Å². The molecule has 1 saturated carbocycles. The summed E-state index contributed by atoms with van der Waals surface area (Å²) in [7, 11) is 1.93. The van der Waals surface area contributed by atoms with Gasteiger partial charge in [-0.1, -0.05) is 19.3 Å². The maximum Gasteiger partial charge on any atom is 0.222 e. The summed E-state index contributed by atoms with van der Waals surface area (Å²) in [6, 6.07) is 0. The first kappa shape index (κ1) is 12.9. The summed E-state index contributed by atoms with van der Waals surface area (Å²) < 4.78 is 0. The number of carbonyl (C=O) groups is 1. The third-order valence-electron chi connectivity index (χ3n) is 4.97. The third-order valence-corrected chi connectivity index (χ3v) is 4.97. The molecular formula is C14H26N2O. The fourth-order valence-corrected chi connectivity index (χ4v) is 3.72. The highest BCUT2D eigenvalue weighted by atomic mass is 16.2. The van der Waals surface area contributed by atoms with E-state index in [1.807, 2.05) is 11.9 Å². The lowest BCUT2D eigenvalue weighted by atomic mass is 9.65. The van der Waals surface area contributed by atoms with E-state index in [0.29, 0.717) is 24.8 Å². The van der Waals surface area contributed by atoms with Gasteiger partial charge in [-0.15, -0.1) is 0 Å². The van der Waals surface area contributed by atoms with Crippen LogP contribution in [0.1, 0.15) is 51.4 Å². The van der Waals surface area contributed by atoms with Crippen LogP contribution in [0.4, 0.5) is 0 Å². The number of likely N-dealkylation sites (tertiary alicyclic amines) is 1. The lowest BCUT2D eigenvalue weighted by Crippen LogP contribution is -2.41. The summed E-state index contributed by atoms with van der Waals surface area (Å²) in [5.74, 6) is 0.996. The maximum absolute atomic E-state index is 12.1. The third kappa shape index (κ3) is 2.65. The average molecular weight is 238 g/mol. The molecule has 1 aliphatic heterocycles. The van der Waals surface area contributed by atoms with E-state index in [1.165, 1.54) is 32.1 Å². The Balaban J connectivity index is 2.13. The number of hydrogen-bond acceptors (Lipinski definition) is 2. The molecule has 2 fully saturated rings. The van der Waals surface area contributed by atoms with Crippen LogP contribution >= 0.6 is 0 Å². The predicted molar refractivity (Wildman–Crippen MR) is 69.6 cm³/mol. The highest BCUT2D eigenvalue weighted by Gasteiger charge is 2.41. The molecule has 2 N–H and O–H groups in total. The second-order valence-corrected chi connectivity index (χ2v) is 6.00. The number of carbonyl (C=O) groups excluding carboxylic acids is 1. The monoisotopic (exact) mass is 238 g/mol. The molecule has 98 valence electrons. The van der Waals surface area contributed by atoms with Crippen molar-refractivity contribution in [2.24, 2.45) is 17.1 Å². The second-order valence-electron chi connectivity index (χ2n) is 6.00. The lowest BCUT2D eigenvalue weighted by Gasteiger charge is -2.41. The molecule has 2 aliphatic rings. The van der Waals surface area contributed by atoms with Gasteiger partial charge in [0.2, 0.25) is 5.91 Å². The molecule has 1 unspecified atom stereocenters. The van der Waals surface area contributed by atoms with E-state index in [-0.39, 0.29) is 5.41 Å². The molecule has 0 aromatic heterocycles. The van der Waals surface area contributed by atoms with Gasteiger partial charge < -0.3 is 10.6 Å². The Kier molecular flexibility index (Phi) is 4.08. The van der Waals surface area contributed by atoms with Gasteiger partial charge in [0.25, 0.3) is 0 Å². The predicted octanol–water partition coefficient (Wildman–Crippen LogP) is 2.15. The average Bonchev–Trinajstić information content (AvgIpc) is 2.51. The van der Waals surface area contributed by atoms with E-state index in [2.05, 4.69) is 0 Å². The molecule has 0 radical (unpaired) electrons. The first-order valence-corrected chi connectivity index (χ1v) is 7.12. The molecule has 0 spiro atoms. The molecule has 0 aromatic rings. The first-order chi connectivity index (χ1) is 8.18. The molecule has 0 bridgehead atoms. The highest BCUT2D eigenvalue weighted by Crippen LogP contribution is 2.45. The maximum atomic E-state index is 12.1. The zero-order valence-electron chi connectivity index (χ0n) is 11.1. The van der Waals surface area contributed by atoms with Gasteiger partial charge in [-0.05, 0) is 43.6 Å². The van der Waals surface area contributed by atoms with Crippen molar-refractivity contribution >= 4 is 5.91 Å². The van der Waals surface area contributed by atoms with Gasteiger partial charge in [0.05, 0.1) is 0 Å². The van der Waals surface area contributed by atoms with E-state index >= 15 is 0 Å². The van der Waals surface area contributed by atoms with Crippen LogP contribution in [-0.2, 0) is 4.79 Å². The summed E-state index contributed by atoms with van der Waals surface area (Å²) in [6.07, 6.45) is 9.55. The van der Waals surface area contributed by atoms with Gasteiger partial charge in [0.15, 0.2) is 0 Å². The number of nitrogens with two attached hydrogens (primary N) is 1. The number of hydrogen-bond donors (Lipinski definition) is 1. The van der Waals surface area contributed by atoms with Crippen molar-refractivity contribution in [3.8, 4) is 0 Å². The minimum absolute atomic E-state index is 0.113. The van der Waals surface area contributed by atoms with Crippen LogP contribution in [0.3, 0.4) is 0 Å². The van der Waals surface area contributed by atoms with Gasteiger partial charge >= 0.3 is 0 Å². The van der Waals surface area contributed by atoms with Gasteiger partial charge in [0.1, 0.15) is 0 Å². The summed E-state index contributed by atoms with van der Waals surface area (Å²) in [6.45, 7) is 1.60. The minimum Gasteiger partial charge on any atom is -0.346 e. The smallest absolute Gasteiger partial charge is 0.222 e. The molecule has 2 rings (SSSR count). The number of nitrogens with zero attached hydrogens (tertiary/aromatic N) is 1. The normalized spacial score (nSPS) is 32.6. The van der Waals surface area contributed by atoms with Crippen LogP contribution in [0.2, 0.25) is 0 Å². The van der Waals surface area contributed by atoms with Gasteiger partial charge in [-0.3, -0.25) is 4.79 Å². The largest absolute Gasteiger partial charge is 0.346 e. The van der Waals surface area contributed by atoms with Crippen LogP contribution in [0.5, 0.6) is 0 Å². The standard InChI is InChI=1S/C14H26N2O/c1-16-9-5-8-14(11-15,10-13(16)17)12-6-3-2-4-7-12/h12H,2-11,15H2,1H3. The zero-order valence-corrected chi connectivity index (χ0v) is 11.1. The highest BCUT2D eigenvalue weighted by molar-refractivity contribution is 5.77. The number of amides is 1. The van der Waals surface area contributed by atoms with Crippen molar-refractivity contribution in [1.29, 1.82) is 0 Å². The molecule has 1 heterocycles. The van der Waals surface area contributed by atoms with E-state index in [1.54, 1.807) is 0 Å². The first-order valence-electron chi connectivity index (χ1n) is 7.12. The summed E-state index contributed by atoms with van der Waals surface area (Å²) in [4.78, 5) is 14.0. The van der Waals surface area contributed by atoms with E-state index in [9.17, 15) is 4.79 Å². The van der Waals surface area contributed by atoms with Crippen LogP contribution in [0.15, 0.2) is 0 Å². The van der Waals surface area contributed by atoms with Crippen molar-refractivity contribution < 1.29 is 4.79 Å². The Morgan fingerprint density at radius 2 is 2.00 bits per heavy atom. The molecule has 17 heavy (non-hydrogen) atoms. The summed E-state index contributed by atoms with van der Waals surface area (Å²) in [5, 5.41) is 0. The van der Waals surface area contributed by atoms with E-state index in [0.717, 1.165) is 19.4 Å². The molecule has 3 heteroatoms. The number of rotatable bonds is 2. The lowest BCUT2D eigenvalue weighted by molar-refractivity contribution is -0.132. The van der Waals surface area contributed by atoms with Gasteiger partial charge in [-0.25, -0.2) is 0 Å². The quantitative estimate of drug-likeness (QED) is 0.801. The molecule has 0 aromatic carbocycles. The van der Waals surface area contributed by atoms with Crippen molar-refractivity contribution in [3.05, 3.63) is 0 Å². The van der Waals surface area contributed by atoms with Gasteiger partial charge in [0, 0.05) is 20.0 Å². The topological polar surface area (TPSA) is 46.3 Å². The Morgan fingerprint density at radius 1 is 1.29 bits per heavy atom. The Hall–Kier alpha value is -0.570. The Morgan fingerprint density at radius 3 is 2.65 bits per heavy atom. The van der Waals surface area contributed by atoms with Gasteiger partial charge in [-0.2, -0.15) is 0 Å². The molecule has 1 atom stereocenters. The fourth-order valence-electron chi connectivity index (χ4n) is 3.72. The molecule has 1 aliphatic carbocycles. The van der Waals surface area contributed by atoms with Crippen LogP contribution in [0.25, 0.3) is 0 Å². The summed E-state index contributed by atoms with van der Waals surface area (Å²) >= 11 is 0. The van der Waals surface area contributed by atoms with Crippen molar-refractivity contribution in [2.45, 2.75) is 51.4 Å². The molecule has 1 amide bonds. The van der Waals surface area contributed by atoms with Crippen LogP contribution in [-0.4, -0.2) is 30.9 Å². The summed E-state index contributed by atoms with van der Waals surface area (Å²) in [5.41, 5.74) is 6.19. The molecular weight excluding hydrogens is 212 g/mol. The fraction of sp³-hybridized carbons (Fsp3) is 0.929. The van der Waals surface area contributed by atoms with Crippen molar-refractivity contribution in [3.63, 3.8) is 0 Å². The Labute approximate surface area is 105 Å². The second kappa shape index (κ2) is 5.38. The van der Waals surface area contributed by atoms with Crippen molar-refractivity contribution in [2.75, 3.05) is 20.1 Å². The van der Waals surface area contributed by atoms with E-state index in [4.69, 9.17) is 5.73 Å². The van der Waals surface area contributed by atoms with Crippen molar-refractivity contribution in [1.82, 2.24) is 4.90 Å². The molecule has 3 nitrogen and oxygen atoms in total. The minimum atomic E-state index is 0.113.